The lowest BCUT2D eigenvalue weighted by atomic mass is 10.1. The lowest BCUT2D eigenvalue weighted by molar-refractivity contribution is -0.870. The molecular weight excluding hydrogens is 964 g/mol. The number of carbonyl (C=O) groups is 2. The molecule has 1 amide bonds. The molecule has 3 unspecified atom stereocenters. The van der Waals surface area contributed by atoms with E-state index in [0.29, 0.717) is 23.9 Å². The van der Waals surface area contributed by atoms with E-state index in [2.05, 4.69) is 135 Å². The van der Waals surface area contributed by atoms with Crippen molar-refractivity contribution in [2.45, 2.75) is 232 Å². The third kappa shape index (κ3) is 54.9. The van der Waals surface area contributed by atoms with Crippen LogP contribution < -0.4 is 5.32 Å². The van der Waals surface area contributed by atoms with E-state index in [1.807, 2.05) is 45.4 Å². The van der Waals surface area contributed by atoms with Crippen LogP contribution in [0.4, 0.5) is 0 Å². The number of quaternary nitrogens is 1. The zero-order valence-electron chi connectivity index (χ0n) is 49.2. The highest BCUT2D eigenvalue weighted by Gasteiger charge is 2.30. The Kier molecular flexibility index (Phi) is 51.7. The first-order valence-corrected chi connectivity index (χ1v) is 31.5. The van der Waals surface area contributed by atoms with E-state index in [0.717, 1.165) is 96.3 Å². The summed E-state index contributed by atoms with van der Waals surface area (Å²) in [5, 5.41) is 2.99. The van der Waals surface area contributed by atoms with Crippen LogP contribution in [0.25, 0.3) is 0 Å². The van der Waals surface area contributed by atoms with Crippen LogP contribution in [0.5, 0.6) is 0 Å². The molecule has 0 aliphatic carbocycles. The van der Waals surface area contributed by atoms with Gasteiger partial charge in [-0.15, -0.1) is 0 Å². The minimum absolute atomic E-state index is 0.0137. The normalized spacial score (nSPS) is 14.7. The van der Waals surface area contributed by atoms with Gasteiger partial charge in [-0.1, -0.05) is 225 Å². The second kappa shape index (κ2) is 54.5. The molecule has 10 heteroatoms. The summed E-state index contributed by atoms with van der Waals surface area (Å²) in [6.45, 7) is 6.76. The van der Waals surface area contributed by atoms with Crippen LogP contribution in [0.3, 0.4) is 0 Å². The predicted octanol–water partition coefficient (Wildman–Crippen LogP) is 18.5. The molecule has 0 heterocycles. The van der Waals surface area contributed by atoms with E-state index >= 15 is 0 Å². The monoisotopic (exact) mass is 1080 g/mol. The van der Waals surface area contributed by atoms with Crippen molar-refractivity contribution >= 4 is 19.7 Å². The molecular formula is C66H112N2O7P+. The summed E-state index contributed by atoms with van der Waals surface area (Å²) in [6.07, 6.45) is 77.5. The fraction of sp³-hybridized carbons (Fsp3) is 0.636. The first-order valence-electron chi connectivity index (χ1n) is 30.0. The van der Waals surface area contributed by atoms with Gasteiger partial charge in [0.05, 0.1) is 33.8 Å². The molecule has 2 N–H and O–H groups in total. The number of unbranched alkanes of at least 4 members (excludes halogenated alkanes) is 16. The number of phosphoric acid groups is 1. The van der Waals surface area contributed by atoms with Crippen LogP contribution in [-0.4, -0.2) is 74.3 Å². The van der Waals surface area contributed by atoms with Crippen LogP contribution in [-0.2, 0) is 27.9 Å². The minimum atomic E-state index is -4.48. The molecule has 0 aromatic carbocycles. The van der Waals surface area contributed by atoms with Crippen molar-refractivity contribution in [3.63, 3.8) is 0 Å². The molecule has 0 bridgehead atoms. The first kappa shape index (κ1) is 72.2. The van der Waals surface area contributed by atoms with Crippen molar-refractivity contribution in [2.75, 3.05) is 40.9 Å². The van der Waals surface area contributed by atoms with Gasteiger partial charge in [-0.05, 0) is 115 Å². The molecule has 0 rings (SSSR count). The second-order valence-electron chi connectivity index (χ2n) is 20.8. The number of esters is 1. The molecule has 3 atom stereocenters. The van der Waals surface area contributed by atoms with Crippen LogP contribution >= 0.6 is 7.82 Å². The summed E-state index contributed by atoms with van der Waals surface area (Å²) in [6, 6.07) is -0.911. The van der Waals surface area contributed by atoms with Crippen LogP contribution in [0.1, 0.15) is 220 Å². The first-order chi connectivity index (χ1) is 36.9. The van der Waals surface area contributed by atoms with Gasteiger partial charge < -0.3 is 19.4 Å². The van der Waals surface area contributed by atoms with Crippen molar-refractivity contribution in [3.8, 4) is 0 Å². The Hall–Kier alpha value is -3.85. The zero-order chi connectivity index (χ0) is 55.7. The Morgan fingerprint density at radius 1 is 0.474 bits per heavy atom. The van der Waals surface area contributed by atoms with Gasteiger partial charge in [0.25, 0.3) is 0 Å². The quantitative estimate of drug-likeness (QED) is 0.0205. The average molecular weight is 1080 g/mol. The number of rotatable bonds is 52. The average Bonchev–Trinajstić information content (AvgIpc) is 3.38. The molecule has 0 aromatic heterocycles. The summed E-state index contributed by atoms with van der Waals surface area (Å²) in [4.78, 5) is 37.6. The van der Waals surface area contributed by atoms with Crippen LogP contribution in [0, 0.1) is 0 Å². The fourth-order valence-corrected chi connectivity index (χ4v) is 8.44. The van der Waals surface area contributed by atoms with Gasteiger partial charge in [0.15, 0.2) is 0 Å². The molecule has 0 aliphatic rings. The zero-order valence-corrected chi connectivity index (χ0v) is 50.1. The maximum atomic E-state index is 13.5. The van der Waals surface area contributed by atoms with E-state index < -0.39 is 20.0 Å². The van der Waals surface area contributed by atoms with Gasteiger partial charge in [0.2, 0.25) is 5.91 Å². The van der Waals surface area contributed by atoms with Gasteiger partial charge in [-0.25, -0.2) is 4.57 Å². The summed E-state index contributed by atoms with van der Waals surface area (Å²) in [5.41, 5.74) is 0. The Bertz CT molecular complexity index is 1760. The molecule has 0 fully saturated rings. The van der Waals surface area contributed by atoms with Crippen molar-refractivity contribution < 1.29 is 37.3 Å². The highest BCUT2D eigenvalue weighted by atomic mass is 31.2. The van der Waals surface area contributed by atoms with Gasteiger partial charge in [0, 0.05) is 12.8 Å². The maximum Gasteiger partial charge on any atom is 0.472 e. The molecule has 0 radical (unpaired) electrons. The number of carbonyl (C=O) groups excluding carboxylic acids is 2. The van der Waals surface area contributed by atoms with Gasteiger partial charge in [-0.3, -0.25) is 18.6 Å². The van der Waals surface area contributed by atoms with E-state index in [9.17, 15) is 19.0 Å². The standard InChI is InChI=1S/C66H111N2O7P/c1-7-10-13-16-19-22-25-28-30-32-34-36-38-40-43-46-49-52-55-58-65(69)67-63(62-74-76(71,72)73-61-60-68(4,5)6)64(57-54-51-48-45-42-27-24-21-18-15-12-9-3)75-66(70)59-56-53-50-47-44-41-39-37-35-33-31-29-26-23-20-17-14-11-8-2/h10,13,19-20,22-23,28-31,34-37,40-41,43-44,49,52,54,57,63-64H,7-9,11-12,14-18,21,24-27,32-33,38-39,42,45-48,50-51,53,55-56,58-62H2,1-6H3,(H-,67,69,71,72)/p+1/b13-10-,22-19-,23-20-,30-28-,31-29-,36-34-,37-35-,43-40-,44-41-,52-49-,57-54+. The van der Waals surface area contributed by atoms with Gasteiger partial charge in [0.1, 0.15) is 19.3 Å². The summed E-state index contributed by atoms with van der Waals surface area (Å²) in [5.74, 6) is -0.650. The molecule has 432 valence electrons. The predicted molar refractivity (Wildman–Crippen MR) is 327 cm³/mol. The smallest absolute Gasteiger partial charge is 0.456 e. The lowest BCUT2D eigenvalue weighted by Crippen LogP contribution is -2.47. The molecule has 0 aliphatic heterocycles. The highest BCUT2D eigenvalue weighted by molar-refractivity contribution is 7.47. The van der Waals surface area contributed by atoms with Gasteiger partial charge in [-0.2, -0.15) is 0 Å². The minimum Gasteiger partial charge on any atom is -0.456 e. The second-order valence-corrected chi connectivity index (χ2v) is 22.2. The van der Waals surface area contributed by atoms with E-state index in [-0.39, 0.29) is 37.9 Å². The lowest BCUT2D eigenvalue weighted by Gasteiger charge is -2.27. The van der Waals surface area contributed by atoms with Crippen LogP contribution in [0.15, 0.2) is 134 Å². The molecule has 0 spiro atoms. The molecule has 9 nitrogen and oxygen atoms in total. The SMILES string of the molecule is CC/C=C\C/C=C\C/C=C\C/C=C\C/C=C\C/C=C\CCC(=O)NC(COP(=O)(O)OCC[N+](C)(C)C)C(/C=C/CCCCCCCCCCCC)OC(=O)CCCCC/C=C\C/C=C\C/C=C\C/C=C\CCCCC. The number of amides is 1. The number of phosphoric ester groups is 1. The molecule has 76 heavy (non-hydrogen) atoms. The fourth-order valence-electron chi connectivity index (χ4n) is 7.71. The summed E-state index contributed by atoms with van der Waals surface area (Å²) in [7, 11) is 1.41. The Morgan fingerprint density at radius 3 is 1.32 bits per heavy atom. The van der Waals surface area contributed by atoms with Crippen molar-refractivity contribution in [3.05, 3.63) is 134 Å². The van der Waals surface area contributed by atoms with Crippen molar-refractivity contribution in [2.24, 2.45) is 0 Å². The maximum absolute atomic E-state index is 13.5. The number of likely N-dealkylation sites (N-methyl/N-ethyl adjacent to an activating group) is 1. The number of hydrogen-bond donors (Lipinski definition) is 2. The Balaban J connectivity index is 5.50. The number of hydrogen-bond acceptors (Lipinski definition) is 6. The third-order valence-electron chi connectivity index (χ3n) is 12.3. The van der Waals surface area contributed by atoms with E-state index in [4.69, 9.17) is 13.8 Å². The van der Waals surface area contributed by atoms with Crippen LogP contribution in [0.2, 0.25) is 0 Å². The van der Waals surface area contributed by atoms with E-state index in [1.165, 1.54) is 77.0 Å². The number of nitrogens with zero attached hydrogens (tertiary/aromatic N) is 1. The molecule has 0 aromatic rings. The van der Waals surface area contributed by atoms with E-state index in [1.54, 1.807) is 0 Å². The molecule has 0 saturated carbocycles. The summed E-state index contributed by atoms with van der Waals surface area (Å²) < 4.78 is 30.6. The number of allylic oxidation sites excluding steroid dienone is 21. The number of nitrogens with one attached hydrogen (secondary N) is 1. The Labute approximate surface area is 466 Å². The molecule has 0 saturated heterocycles. The highest BCUT2D eigenvalue weighted by Crippen LogP contribution is 2.43. The van der Waals surface area contributed by atoms with Gasteiger partial charge >= 0.3 is 13.8 Å². The number of ether oxygens (including phenoxy) is 1. The topological polar surface area (TPSA) is 111 Å². The third-order valence-corrected chi connectivity index (χ3v) is 13.3. The summed E-state index contributed by atoms with van der Waals surface area (Å²) >= 11 is 0. The van der Waals surface area contributed by atoms with Crippen molar-refractivity contribution in [1.82, 2.24) is 5.32 Å². The Morgan fingerprint density at radius 2 is 0.855 bits per heavy atom. The van der Waals surface area contributed by atoms with Crippen molar-refractivity contribution in [1.29, 1.82) is 0 Å². The largest absolute Gasteiger partial charge is 0.472 e.